The molecule has 0 spiro atoms. The van der Waals surface area contributed by atoms with Gasteiger partial charge in [-0.15, -0.1) is 0 Å². The zero-order chi connectivity index (χ0) is 16.1. The molecule has 0 aromatic heterocycles. The molecule has 1 atom stereocenters. The van der Waals surface area contributed by atoms with E-state index >= 15 is 0 Å². The summed E-state index contributed by atoms with van der Waals surface area (Å²) in [4.78, 5) is 0. The normalized spacial score (nSPS) is 12.0. The highest BCUT2D eigenvalue weighted by Crippen LogP contribution is 2.39. The zero-order valence-electron chi connectivity index (χ0n) is 12.9. The van der Waals surface area contributed by atoms with E-state index in [0.29, 0.717) is 0 Å². The van der Waals surface area contributed by atoms with Gasteiger partial charge in [-0.3, -0.25) is 0 Å². The summed E-state index contributed by atoms with van der Waals surface area (Å²) in [6.07, 6.45) is 1.78. The maximum atomic E-state index is 10.3. The predicted molar refractivity (Wildman–Crippen MR) is 92.8 cm³/mol. The van der Waals surface area contributed by atoms with E-state index in [-0.39, 0.29) is 17.4 Å². The minimum Gasteiger partial charge on any atom is -0.504 e. The zero-order valence-corrected chi connectivity index (χ0v) is 12.9. The number of benzene rings is 3. The monoisotopic (exact) mass is 304 g/mol. The molecule has 23 heavy (non-hydrogen) atoms. The molecule has 2 heteroatoms. The topological polar surface area (TPSA) is 40.5 Å². The van der Waals surface area contributed by atoms with Gasteiger partial charge in [0.05, 0.1) is 0 Å². The maximum Gasteiger partial charge on any atom is 0.161 e. The van der Waals surface area contributed by atoms with Crippen molar-refractivity contribution in [3.05, 3.63) is 95.6 Å². The first-order chi connectivity index (χ1) is 11.3. The molecule has 3 aromatic carbocycles. The first kappa shape index (κ1) is 15.2. The van der Waals surface area contributed by atoms with Crippen LogP contribution in [0.15, 0.2) is 78.9 Å². The number of hydrogen-bond donors (Lipinski definition) is 2. The minimum atomic E-state index is -0.0665. The quantitative estimate of drug-likeness (QED) is 0.661. The van der Waals surface area contributed by atoms with Crippen molar-refractivity contribution in [2.75, 3.05) is 0 Å². The molecule has 0 aliphatic rings. The van der Waals surface area contributed by atoms with Crippen LogP contribution < -0.4 is 0 Å². The molecule has 1 unspecified atom stereocenters. The number of para-hydroxylation sites is 1. The second kappa shape index (κ2) is 7.01. The summed E-state index contributed by atoms with van der Waals surface area (Å²) in [7, 11) is 0. The van der Waals surface area contributed by atoms with Crippen LogP contribution in [0.3, 0.4) is 0 Å². The van der Waals surface area contributed by atoms with E-state index in [9.17, 15) is 10.2 Å². The van der Waals surface area contributed by atoms with Gasteiger partial charge in [0, 0.05) is 11.5 Å². The Morgan fingerprint density at radius 2 is 1.35 bits per heavy atom. The fraction of sp³-hybridized carbons (Fsp3) is 0.143. The van der Waals surface area contributed by atoms with Gasteiger partial charge >= 0.3 is 0 Å². The van der Waals surface area contributed by atoms with E-state index in [2.05, 4.69) is 24.3 Å². The molecule has 0 amide bonds. The van der Waals surface area contributed by atoms with Crippen molar-refractivity contribution in [1.29, 1.82) is 0 Å². The molecule has 2 N–H and O–H groups in total. The number of hydrogen-bond acceptors (Lipinski definition) is 2. The Balaban J connectivity index is 1.93. The van der Waals surface area contributed by atoms with E-state index in [1.807, 2.05) is 42.5 Å². The summed E-state index contributed by atoms with van der Waals surface area (Å²) < 4.78 is 0. The summed E-state index contributed by atoms with van der Waals surface area (Å²) in [6.45, 7) is 0. The Labute approximate surface area is 136 Å². The average molecular weight is 304 g/mol. The first-order valence-electron chi connectivity index (χ1n) is 7.85. The van der Waals surface area contributed by atoms with Crippen LogP contribution in [0.25, 0.3) is 0 Å². The second-order valence-electron chi connectivity index (χ2n) is 5.70. The lowest BCUT2D eigenvalue weighted by Crippen LogP contribution is -2.03. The predicted octanol–water partition coefficient (Wildman–Crippen LogP) is 4.86. The molecule has 2 nitrogen and oxygen atoms in total. The molecule has 0 fully saturated rings. The van der Waals surface area contributed by atoms with Crippen LogP contribution in [0.1, 0.15) is 29.0 Å². The van der Waals surface area contributed by atoms with Crippen LogP contribution in [0.4, 0.5) is 0 Å². The summed E-state index contributed by atoms with van der Waals surface area (Å²) >= 11 is 0. The Bertz CT molecular complexity index is 751. The van der Waals surface area contributed by atoms with Gasteiger partial charge in [0.25, 0.3) is 0 Å². The minimum absolute atomic E-state index is 0.0191. The first-order valence-corrected chi connectivity index (χ1v) is 7.85. The maximum absolute atomic E-state index is 10.3. The number of aromatic hydroxyl groups is 2. The fourth-order valence-electron chi connectivity index (χ4n) is 2.97. The van der Waals surface area contributed by atoms with Gasteiger partial charge < -0.3 is 10.2 Å². The lowest BCUT2D eigenvalue weighted by molar-refractivity contribution is 0.397. The molecule has 0 aliphatic carbocycles. The van der Waals surface area contributed by atoms with Gasteiger partial charge in [0.15, 0.2) is 11.5 Å². The van der Waals surface area contributed by atoms with Gasteiger partial charge in [-0.1, -0.05) is 72.8 Å². The second-order valence-corrected chi connectivity index (χ2v) is 5.70. The summed E-state index contributed by atoms with van der Waals surface area (Å²) in [5, 5.41) is 20.1. The molecule has 0 radical (unpaired) electrons. The van der Waals surface area contributed by atoms with E-state index in [4.69, 9.17) is 0 Å². The Kier molecular flexibility index (Phi) is 4.62. The van der Waals surface area contributed by atoms with Crippen molar-refractivity contribution in [3.8, 4) is 11.5 Å². The number of rotatable bonds is 5. The van der Waals surface area contributed by atoms with Gasteiger partial charge in [0.1, 0.15) is 0 Å². The van der Waals surface area contributed by atoms with Crippen molar-refractivity contribution in [2.45, 2.75) is 18.8 Å². The molecule has 3 rings (SSSR count). The molecular formula is C21H20O2. The van der Waals surface area contributed by atoms with Crippen LogP contribution in [0.5, 0.6) is 11.5 Å². The molecule has 0 heterocycles. The fourth-order valence-corrected chi connectivity index (χ4v) is 2.97. The molecule has 0 bridgehead atoms. The Morgan fingerprint density at radius 3 is 2.04 bits per heavy atom. The molecule has 116 valence electrons. The van der Waals surface area contributed by atoms with Gasteiger partial charge in [-0.25, -0.2) is 0 Å². The van der Waals surface area contributed by atoms with Crippen molar-refractivity contribution < 1.29 is 10.2 Å². The van der Waals surface area contributed by atoms with Gasteiger partial charge in [-0.05, 0) is 30.0 Å². The largest absolute Gasteiger partial charge is 0.504 e. The average Bonchev–Trinajstić information content (AvgIpc) is 2.60. The lowest BCUT2D eigenvalue weighted by Gasteiger charge is -2.19. The van der Waals surface area contributed by atoms with Crippen LogP contribution >= 0.6 is 0 Å². The van der Waals surface area contributed by atoms with E-state index in [0.717, 1.165) is 24.0 Å². The van der Waals surface area contributed by atoms with E-state index in [1.165, 1.54) is 11.6 Å². The molecule has 3 aromatic rings. The number of phenols is 2. The number of aryl methyl sites for hydroxylation is 1. The van der Waals surface area contributed by atoms with Crippen molar-refractivity contribution in [3.63, 3.8) is 0 Å². The third-order valence-electron chi connectivity index (χ3n) is 4.19. The summed E-state index contributed by atoms with van der Waals surface area (Å²) in [5.74, 6) is -0.0407. The molecule has 0 aliphatic heterocycles. The smallest absolute Gasteiger partial charge is 0.161 e. The summed E-state index contributed by atoms with van der Waals surface area (Å²) in [5.41, 5.74) is 3.18. The van der Waals surface area contributed by atoms with Crippen LogP contribution in [0, 0.1) is 0 Å². The highest BCUT2D eigenvalue weighted by molar-refractivity contribution is 5.49. The van der Waals surface area contributed by atoms with E-state index in [1.54, 1.807) is 6.07 Å². The van der Waals surface area contributed by atoms with Crippen LogP contribution in [0.2, 0.25) is 0 Å². The van der Waals surface area contributed by atoms with Crippen molar-refractivity contribution in [2.24, 2.45) is 0 Å². The highest BCUT2D eigenvalue weighted by Gasteiger charge is 2.19. The molecular weight excluding hydrogens is 284 g/mol. The van der Waals surface area contributed by atoms with Crippen molar-refractivity contribution >= 4 is 0 Å². The van der Waals surface area contributed by atoms with Crippen LogP contribution in [-0.2, 0) is 6.42 Å². The van der Waals surface area contributed by atoms with Crippen molar-refractivity contribution in [1.82, 2.24) is 0 Å². The molecule has 0 saturated carbocycles. The third kappa shape index (κ3) is 3.54. The van der Waals surface area contributed by atoms with Gasteiger partial charge in [-0.2, -0.15) is 0 Å². The van der Waals surface area contributed by atoms with E-state index < -0.39 is 0 Å². The molecule has 0 saturated heterocycles. The SMILES string of the molecule is Oc1cccc(C(CCc2ccccc2)c2ccccc2)c1O. The Morgan fingerprint density at radius 1 is 0.696 bits per heavy atom. The lowest BCUT2D eigenvalue weighted by atomic mass is 9.85. The number of phenolic OH excluding ortho intramolecular Hbond substituents is 2. The third-order valence-corrected chi connectivity index (χ3v) is 4.19. The Hall–Kier alpha value is -2.74. The van der Waals surface area contributed by atoms with Gasteiger partial charge in [0.2, 0.25) is 0 Å². The van der Waals surface area contributed by atoms with Crippen LogP contribution in [-0.4, -0.2) is 10.2 Å². The standard InChI is InChI=1S/C21H20O2/c22-20-13-7-12-19(21(20)23)18(17-10-5-2-6-11-17)15-14-16-8-3-1-4-9-16/h1-13,18,22-23H,14-15H2. The summed E-state index contributed by atoms with van der Waals surface area (Å²) in [6, 6.07) is 25.6. The highest BCUT2D eigenvalue weighted by atomic mass is 16.3.